The highest BCUT2D eigenvalue weighted by molar-refractivity contribution is 5.82. The van der Waals surface area contributed by atoms with E-state index in [1.165, 1.54) is 11.0 Å². The van der Waals surface area contributed by atoms with Gasteiger partial charge in [0.15, 0.2) is 0 Å². The average Bonchev–Trinajstić information content (AvgIpc) is 2.24. The number of carboxylic acids is 1. The molecule has 0 aliphatic carbocycles. The number of nitrogens with zero attached hydrogens (tertiary/aromatic N) is 1. The molecule has 0 aromatic heterocycles. The summed E-state index contributed by atoms with van der Waals surface area (Å²) >= 11 is 0. The highest BCUT2D eigenvalue weighted by Crippen LogP contribution is 2.01. The molecule has 1 atom stereocenters. The van der Waals surface area contributed by atoms with Crippen LogP contribution in [0, 0.1) is 0 Å². The van der Waals surface area contributed by atoms with E-state index in [1.807, 2.05) is 0 Å². The first-order chi connectivity index (χ1) is 7.52. The Bertz CT molecular complexity index is 255. The van der Waals surface area contributed by atoms with Crippen molar-refractivity contribution < 1.29 is 19.8 Å². The zero-order valence-electron chi connectivity index (χ0n) is 9.13. The fourth-order valence-electron chi connectivity index (χ4n) is 1.20. The van der Waals surface area contributed by atoms with Gasteiger partial charge in [0.1, 0.15) is 0 Å². The molecular formula is C10H18N2O4. The smallest absolute Gasteiger partial charge is 0.303 e. The third-order valence-corrected chi connectivity index (χ3v) is 2.02. The third kappa shape index (κ3) is 5.47. The number of aliphatic hydroxyl groups is 1. The van der Waals surface area contributed by atoms with E-state index < -0.39 is 12.0 Å². The summed E-state index contributed by atoms with van der Waals surface area (Å²) in [4.78, 5) is 23.3. The Kier molecular flexibility index (Phi) is 7.15. The summed E-state index contributed by atoms with van der Waals surface area (Å²) in [5.74, 6) is -1.35. The first kappa shape index (κ1) is 14.6. The zero-order chi connectivity index (χ0) is 12.6. The van der Waals surface area contributed by atoms with Gasteiger partial charge in [0.2, 0.25) is 5.91 Å². The van der Waals surface area contributed by atoms with Gasteiger partial charge in [-0.05, 0) is 6.42 Å². The molecule has 0 saturated heterocycles. The number of carbonyl (C=O) groups is 2. The third-order valence-electron chi connectivity index (χ3n) is 2.02. The molecule has 1 unspecified atom stereocenters. The maximum atomic E-state index is 11.7. The summed E-state index contributed by atoms with van der Waals surface area (Å²) < 4.78 is 0. The Labute approximate surface area is 94.3 Å². The van der Waals surface area contributed by atoms with Crippen LogP contribution in [0.1, 0.15) is 12.8 Å². The molecule has 0 saturated carbocycles. The first-order valence-corrected chi connectivity index (χ1v) is 5.00. The first-order valence-electron chi connectivity index (χ1n) is 5.00. The number of hydrogen-bond donors (Lipinski definition) is 3. The summed E-state index contributed by atoms with van der Waals surface area (Å²) in [7, 11) is 0. The minimum absolute atomic E-state index is 0.0905. The van der Waals surface area contributed by atoms with Crippen LogP contribution in [-0.2, 0) is 9.59 Å². The van der Waals surface area contributed by atoms with Crippen molar-refractivity contribution in [2.24, 2.45) is 5.73 Å². The van der Waals surface area contributed by atoms with Crippen molar-refractivity contribution in [1.82, 2.24) is 4.90 Å². The lowest BCUT2D eigenvalue weighted by molar-refractivity contribution is -0.137. The second-order valence-corrected chi connectivity index (χ2v) is 3.34. The number of aliphatic carboxylic acids is 1. The van der Waals surface area contributed by atoms with E-state index in [2.05, 4.69) is 6.58 Å². The molecule has 0 rings (SSSR count). The van der Waals surface area contributed by atoms with Crippen molar-refractivity contribution in [3.8, 4) is 0 Å². The van der Waals surface area contributed by atoms with Crippen LogP contribution in [0.3, 0.4) is 0 Å². The van der Waals surface area contributed by atoms with Gasteiger partial charge in [0, 0.05) is 19.5 Å². The van der Waals surface area contributed by atoms with Crippen molar-refractivity contribution in [2.45, 2.75) is 18.9 Å². The predicted molar refractivity (Wildman–Crippen MR) is 58.7 cm³/mol. The van der Waals surface area contributed by atoms with E-state index in [4.69, 9.17) is 15.9 Å². The van der Waals surface area contributed by atoms with Gasteiger partial charge in [0.25, 0.3) is 0 Å². The van der Waals surface area contributed by atoms with E-state index in [0.29, 0.717) is 6.54 Å². The minimum Gasteiger partial charge on any atom is -0.481 e. The average molecular weight is 230 g/mol. The Balaban J connectivity index is 4.23. The summed E-state index contributed by atoms with van der Waals surface area (Å²) in [6.07, 6.45) is 1.47. The molecule has 0 aliphatic rings. The minimum atomic E-state index is -0.985. The number of nitrogens with two attached hydrogens (primary N) is 1. The van der Waals surface area contributed by atoms with E-state index in [1.54, 1.807) is 0 Å². The van der Waals surface area contributed by atoms with Gasteiger partial charge in [-0.1, -0.05) is 6.08 Å². The van der Waals surface area contributed by atoms with Crippen LogP contribution in [0.4, 0.5) is 0 Å². The number of carbonyl (C=O) groups excluding carboxylic acids is 1. The maximum absolute atomic E-state index is 11.7. The van der Waals surface area contributed by atoms with Crippen molar-refractivity contribution >= 4 is 11.9 Å². The Morgan fingerprint density at radius 3 is 2.56 bits per heavy atom. The number of carboxylic acid groups (broad SMARTS) is 1. The second kappa shape index (κ2) is 7.84. The molecule has 92 valence electrons. The van der Waals surface area contributed by atoms with Gasteiger partial charge in [-0.3, -0.25) is 9.59 Å². The molecular weight excluding hydrogens is 212 g/mol. The molecule has 6 heteroatoms. The lowest BCUT2D eigenvalue weighted by Crippen LogP contribution is -2.45. The van der Waals surface area contributed by atoms with Crippen LogP contribution in [0.15, 0.2) is 12.7 Å². The quantitative estimate of drug-likeness (QED) is 0.473. The highest BCUT2D eigenvalue weighted by Gasteiger charge is 2.20. The molecule has 0 aromatic rings. The molecule has 16 heavy (non-hydrogen) atoms. The van der Waals surface area contributed by atoms with Crippen molar-refractivity contribution in [3.63, 3.8) is 0 Å². The van der Waals surface area contributed by atoms with Crippen molar-refractivity contribution in [3.05, 3.63) is 12.7 Å². The van der Waals surface area contributed by atoms with E-state index in [-0.39, 0.29) is 31.9 Å². The number of amides is 1. The SMILES string of the molecule is C=CCN(CCO)C(=O)C(N)CCC(=O)O. The standard InChI is InChI=1S/C10H18N2O4/c1-2-5-12(6-7-13)10(16)8(11)3-4-9(14)15/h2,8,13H,1,3-7,11H2,(H,14,15). The van der Waals surface area contributed by atoms with Gasteiger partial charge in [-0.2, -0.15) is 0 Å². The highest BCUT2D eigenvalue weighted by atomic mass is 16.4. The Hall–Kier alpha value is -1.40. The Morgan fingerprint density at radius 1 is 1.50 bits per heavy atom. The largest absolute Gasteiger partial charge is 0.481 e. The molecule has 0 radical (unpaired) electrons. The number of hydrogen-bond acceptors (Lipinski definition) is 4. The molecule has 4 N–H and O–H groups in total. The van der Waals surface area contributed by atoms with Crippen LogP contribution in [0.2, 0.25) is 0 Å². The van der Waals surface area contributed by atoms with Crippen LogP contribution >= 0.6 is 0 Å². The van der Waals surface area contributed by atoms with Crippen LogP contribution in [0.25, 0.3) is 0 Å². The Morgan fingerprint density at radius 2 is 2.12 bits per heavy atom. The molecule has 0 heterocycles. The van der Waals surface area contributed by atoms with Gasteiger partial charge in [0.05, 0.1) is 12.6 Å². The van der Waals surface area contributed by atoms with Gasteiger partial charge in [-0.25, -0.2) is 0 Å². The van der Waals surface area contributed by atoms with Gasteiger partial charge in [-0.15, -0.1) is 6.58 Å². The fraction of sp³-hybridized carbons (Fsp3) is 0.600. The van der Waals surface area contributed by atoms with E-state index in [0.717, 1.165) is 0 Å². The van der Waals surface area contributed by atoms with E-state index in [9.17, 15) is 9.59 Å². The summed E-state index contributed by atoms with van der Waals surface area (Å²) in [5, 5.41) is 17.2. The zero-order valence-corrected chi connectivity index (χ0v) is 9.13. The lowest BCUT2D eigenvalue weighted by Gasteiger charge is -2.23. The normalized spacial score (nSPS) is 11.9. The second-order valence-electron chi connectivity index (χ2n) is 3.34. The molecule has 0 aromatic carbocycles. The number of rotatable bonds is 8. The summed E-state index contributed by atoms with van der Waals surface area (Å²) in [5.41, 5.74) is 5.56. The van der Waals surface area contributed by atoms with Crippen LogP contribution < -0.4 is 5.73 Å². The fourth-order valence-corrected chi connectivity index (χ4v) is 1.20. The van der Waals surface area contributed by atoms with Crippen molar-refractivity contribution in [1.29, 1.82) is 0 Å². The molecule has 6 nitrogen and oxygen atoms in total. The van der Waals surface area contributed by atoms with E-state index >= 15 is 0 Å². The topological polar surface area (TPSA) is 104 Å². The molecule has 0 aliphatic heterocycles. The molecule has 0 bridgehead atoms. The lowest BCUT2D eigenvalue weighted by atomic mass is 10.1. The summed E-state index contributed by atoms with van der Waals surface area (Å²) in [6, 6.07) is -0.845. The molecule has 0 fully saturated rings. The van der Waals surface area contributed by atoms with Crippen LogP contribution in [0.5, 0.6) is 0 Å². The molecule has 0 spiro atoms. The molecule has 1 amide bonds. The maximum Gasteiger partial charge on any atom is 0.303 e. The number of aliphatic hydroxyl groups excluding tert-OH is 1. The van der Waals surface area contributed by atoms with Gasteiger partial charge >= 0.3 is 5.97 Å². The van der Waals surface area contributed by atoms with Crippen LogP contribution in [-0.4, -0.2) is 52.7 Å². The van der Waals surface area contributed by atoms with Gasteiger partial charge < -0.3 is 20.8 Å². The predicted octanol–water partition coefficient (Wildman–Crippen LogP) is -0.815. The summed E-state index contributed by atoms with van der Waals surface area (Å²) in [6.45, 7) is 3.79. The monoisotopic (exact) mass is 230 g/mol. The van der Waals surface area contributed by atoms with Crippen molar-refractivity contribution in [2.75, 3.05) is 19.7 Å².